The average Bonchev–Trinajstić information content (AvgIpc) is 3.13. The van der Waals surface area contributed by atoms with Gasteiger partial charge in [-0.1, -0.05) is 18.0 Å². The number of carbonyl (C=O) groups is 1. The topological polar surface area (TPSA) is 87.9 Å². The Morgan fingerprint density at radius 3 is 2.92 bits per heavy atom. The van der Waals surface area contributed by atoms with Crippen molar-refractivity contribution in [1.29, 1.82) is 0 Å². The molecular weight excluding hydrogens is 306 g/mol. The number of nitrogens with zero attached hydrogens (tertiary/aromatic N) is 4. The first kappa shape index (κ1) is 15.4. The molecule has 0 aromatic carbocycles. The SMILES string of the molecule is Cc1nc([C@H]2CCCCCN2C(=O)c2n[nH]c3c2CCCC3)no1. The Balaban J connectivity index is 1.66. The van der Waals surface area contributed by atoms with Gasteiger partial charge in [0.15, 0.2) is 11.5 Å². The van der Waals surface area contributed by atoms with Gasteiger partial charge in [0.05, 0.1) is 6.04 Å². The minimum absolute atomic E-state index is 0.00348. The van der Waals surface area contributed by atoms with Crippen LogP contribution in [0.4, 0.5) is 0 Å². The monoisotopic (exact) mass is 329 g/mol. The van der Waals surface area contributed by atoms with Crippen molar-refractivity contribution in [2.24, 2.45) is 0 Å². The molecule has 1 atom stereocenters. The zero-order valence-corrected chi connectivity index (χ0v) is 14.0. The molecule has 2 aromatic rings. The van der Waals surface area contributed by atoms with Gasteiger partial charge in [-0.2, -0.15) is 10.1 Å². The molecule has 3 heterocycles. The summed E-state index contributed by atoms with van der Waals surface area (Å²) in [6.07, 6.45) is 8.28. The van der Waals surface area contributed by atoms with Crippen LogP contribution < -0.4 is 0 Å². The maximum atomic E-state index is 13.2. The number of H-pyrrole nitrogens is 1. The van der Waals surface area contributed by atoms with Gasteiger partial charge in [-0.15, -0.1) is 0 Å². The largest absolute Gasteiger partial charge is 0.340 e. The van der Waals surface area contributed by atoms with Crippen molar-refractivity contribution in [2.75, 3.05) is 6.54 Å². The third-order valence-electron chi connectivity index (χ3n) is 5.11. The summed E-state index contributed by atoms with van der Waals surface area (Å²) in [5, 5.41) is 11.5. The Kier molecular flexibility index (Phi) is 4.08. The molecule has 4 rings (SSSR count). The molecule has 1 amide bonds. The zero-order chi connectivity index (χ0) is 16.5. The summed E-state index contributed by atoms with van der Waals surface area (Å²) in [6.45, 7) is 2.50. The van der Waals surface area contributed by atoms with Crippen molar-refractivity contribution in [1.82, 2.24) is 25.2 Å². The molecule has 1 N–H and O–H groups in total. The molecule has 1 saturated heterocycles. The highest BCUT2D eigenvalue weighted by atomic mass is 16.5. The second kappa shape index (κ2) is 6.37. The Labute approximate surface area is 140 Å². The quantitative estimate of drug-likeness (QED) is 0.915. The van der Waals surface area contributed by atoms with Gasteiger partial charge in [-0.25, -0.2) is 0 Å². The van der Waals surface area contributed by atoms with Crippen LogP contribution in [0.3, 0.4) is 0 Å². The van der Waals surface area contributed by atoms with Crippen LogP contribution in [-0.2, 0) is 12.8 Å². The number of hydrogen-bond donors (Lipinski definition) is 1. The van der Waals surface area contributed by atoms with E-state index in [2.05, 4.69) is 20.3 Å². The Morgan fingerprint density at radius 2 is 2.08 bits per heavy atom. The van der Waals surface area contributed by atoms with E-state index in [1.807, 2.05) is 4.90 Å². The van der Waals surface area contributed by atoms with Gasteiger partial charge in [0.2, 0.25) is 5.89 Å². The molecule has 7 heteroatoms. The third kappa shape index (κ3) is 2.72. The molecule has 0 saturated carbocycles. The van der Waals surface area contributed by atoms with E-state index in [4.69, 9.17) is 4.52 Å². The van der Waals surface area contributed by atoms with Crippen molar-refractivity contribution in [3.05, 3.63) is 28.7 Å². The first-order valence-corrected chi connectivity index (χ1v) is 8.91. The third-order valence-corrected chi connectivity index (χ3v) is 5.11. The Hall–Kier alpha value is -2.18. The number of carbonyl (C=O) groups excluding carboxylic acids is 1. The summed E-state index contributed by atoms with van der Waals surface area (Å²) in [4.78, 5) is 19.5. The van der Waals surface area contributed by atoms with E-state index in [-0.39, 0.29) is 11.9 Å². The van der Waals surface area contributed by atoms with Gasteiger partial charge in [-0.05, 0) is 38.5 Å². The normalized spacial score (nSPS) is 21.4. The molecule has 2 aliphatic rings. The maximum Gasteiger partial charge on any atom is 0.275 e. The zero-order valence-electron chi connectivity index (χ0n) is 14.0. The number of likely N-dealkylation sites (tertiary alicyclic amines) is 1. The number of aryl methyl sites for hydroxylation is 2. The summed E-state index contributed by atoms with van der Waals surface area (Å²) in [6, 6.07) is -0.117. The number of hydrogen-bond acceptors (Lipinski definition) is 5. The van der Waals surface area contributed by atoms with Gasteiger partial charge in [-0.3, -0.25) is 9.89 Å². The summed E-state index contributed by atoms with van der Waals surface area (Å²) in [5.74, 6) is 1.16. The molecule has 1 fully saturated rings. The molecule has 0 spiro atoms. The Bertz CT molecular complexity index is 735. The van der Waals surface area contributed by atoms with E-state index < -0.39 is 0 Å². The van der Waals surface area contributed by atoms with Gasteiger partial charge in [0, 0.05) is 24.7 Å². The van der Waals surface area contributed by atoms with Gasteiger partial charge < -0.3 is 9.42 Å². The van der Waals surface area contributed by atoms with E-state index >= 15 is 0 Å². The molecule has 128 valence electrons. The van der Waals surface area contributed by atoms with Gasteiger partial charge in [0.25, 0.3) is 5.91 Å². The molecule has 1 aliphatic heterocycles. The number of aromatic nitrogens is 4. The summed E-state index contributed by atoms with van der Waals surface area (Å²) < 4.78 is 5.15. The summed E-state index contributed by atoms with van der Waals surface area (Å²) in [7, 11) is 0. The Morgan fingerprint density at radius 1 is 1.21 bits per heavy atom. The fourth-order valence-electron chi connectivity index (χ4n) is 3.86. The summed E-state index contributed by atoms with van der Waals surface area (Å²) in [5.41, 5.74) is 2.83. The smallest absolute Gasteiger partial charge is 0.275 e. The number of amides is 1. The average molecular weight is 329 g/mol. The van der Waals surface area contributed by atoms with Crippen LogP contribution in [0.25, 0.3) is 0 Å². The second-order valence-electron chi connectivity index (χ2n) is 6.77. The van der Waals surface area contributed by atoms with Crippen LogP contribution in [0, 0.1) is 6.92 Å². The van der Waals surface area contributed by atoms with Crippen LogP contribution in [0.2, 0.25) is 0 Å². The van der Waals surface area contributed by atoms with Crippen molar-refractivity contribution >= 4 is 5.91 Å². The first-order chi connectivity index (χ1) is 11.7. The van der Waals surface area contributed by atoms with Gasteiger partial charge >= 0.3 is 0 Å². The highest BCUT2D eigenvalue weighted by molar-refractivity contribution is 5.94. The molecule has 2 aromatic heterocycles. The molecule has 7 nitrogen and oxygen atoms in total. The fourth-order valence-corrected chi connectivity index (χ4v) is 3.86. The minimum atomic E-state index is -0.117. The van der Waals surface area contributed by atoms with Crippen LogP contribution in [0.5, 0.6) is 0 Å². The van der Waals surface area contributed by atoms with Crippen molar-refractivity contribution in [3.63, 3.8) is 0 Å². The predicted octanol–water partition coefficient (Wildman–Crippen LogP) is 2.74. The minimum Gasteiger partial charge on any atom is -0.340 e. The number of aromatic amines is 1. The van der Waals surface area contributed by atoms with Crippen LogP contribution in [0.1, 0.15) is 78.0 Å². The highest BCUT2D eigenvalue weighted by Gasteiger charge is 2.33. The van der Waals surface area contributed by atoms with Crippen LogP contribution in [0.15, 0.2) is 4.52 Å². The second-order valence-corrected chi connectivity index (χ2v) is 6.77. The lowest BCUT2D eigenvalue weighted by Gasteiger charge is -2.27. The first-order valence-electron chi connectivity index (χ1n) is 8.91. The van der Waals surface area contributed by atoms with Crippen molar-refractivity contribution in [3.8, 4) is 0 Å². The van der Waals surface area contributed by atoms with Crippen LogP contribution >= 0.6 is 0 Å². The molecular formula is C17H23N5O2. The molecule has 0 unspecified atom stereocenters. The maximum absolute atomic E-state index is 13.2. The van der Waals surface area contributed by atoms with Crippen LogP contribution in [-0.4, -0.2) is 37.7 Å². The predicted molar refractivity (Wildman–Crippen MR) is 86.5 cm³/mol. The van der Waals surface area contributed by atoms with E-state index in [1.165, 1.54) is 0 Å². The highest BCUT2D eigenvalue weighted by Crippen LogP contribution is 2.31. The van der Waals surface area contributed by atoms with Crippen molar-refractivity contribution in [2.45, 2.75) is 64.3 Å². The van der Waals surface area contributed by atoms with Crippen molar-refractivity contribution < 1.29 is 9.32 Å². The lowest BCUT2D eigenvalue weighted by atomic mass is 9.95. The molecule has 0 bridgehead atoms. The lowest BCUT2D eigenvalue weighted by molar-refractivity contribution is 0.0663. The molecule has 0 radical (unpaired) electrons. The number of rotatable bonds is 2. The van der Waals surface area contributed by atoms with E-state index in [1.54, 1.807) is 6.92 Å². The fraction of sp³-hybridized carbons (Fsp3) is 0.647. The molecule has 1 aliphatic carbocycles. The van der Waals surface area contributed by atoms with E-state index in [0.717, 1.165) is 69.2 Å². The van der Waals surface area contributed by atoms with E-state index in [0.29, 0.717) is 17.4 Å². The summed E-state index contributed by atoms with van der Waals surface area (Å²) >= 11 is 0. The van der Waals surface area contributed by atoms with Gasteiger partial charge in [0.1, 0.15) is 0 Å². The number of fused-ring (bicyclic) bond motifs is 1. The molecule has 24 heavy (non-hydrogen) atoms. The lowest BCUT2D eigenvalue weighted by Crippen LogP contribution is -2.36. The standard InChI is InChI=1S/C17H23N5O2/c1-11-18-16(21-24-11)14-9-3-2-6-10-22(14)17(23)15-12-7-4-5-8-13(12)19-20-15/h14H,2-10H2,1H3,(H,19,20)/t14-/m1/s1. The van der Waals surface area contributed by atoms with E-state index in [9.17, 15) is 4.79 Å². The number of nitrogens with one attached hydrogen (secondary N) is 1.